The average Bonchev–Trinajstić information content (AvgIpc) is 2.02. The molecule has 1 nitrogen and oxygen atoms in total. The van der Waals surface area contributed by atoms with Gasteiger partial charge in [0.25, 0.3) is 0 Å². The second-order valence-corrected chi connectivity index (χ2v) is 4.94. The molecule has 1 aromatic rings. The zero-order chi connectivity index (χ0) is 10.8. The van der Waals surface area contributed by atoms with Gasteiger partial charge in [0, 0.05) is 10.9 Å². The predicted molar refractivity (Wildman–Crippen MR) is 50.6 cm³/mol. The predicted octanol–water partition coefficient (Wildman–Crippen LogP) is 2.82. The van der Waals surface area contributed by atoms with Crippen LogP contribution in [0.3, 0.4) is 0 Å². The van der Waals surface area contributed by atoms with Crippen molar-refractivity contribution in [1.82, 2.24) is 0 Å². The van der Waals surface area contributed by atoms with Gasteiger partial charge in [-0.2, -0.15) is 0 Å². The van der Waals surface area contributed by atoms with Crippen LogP contribution in [0.5, 0.6) is 5.75 Å². The lowest BCUT2D eigenvalue weighted by Crippen LogP contribution is -2.17. The fourth-order valence-corrected chi connectivity index (χ4v) is 1.59. The molecule has 5 heteroatoms. The first kappa shape index (κ1) is 11.2. The summed E-state index contributed by atoms with van der Waals surface area (Å²) in [6, 6.07) is 5.94. The Kier molecular flexibility index (Phi) is 3.31. The first-order valence-corrected chi connectivity index (χ1v) is 5.86. The van der Waals surface area contributed by atoms with E-state index in [-0.39, 0.29) is 16.6 Å². The third kappa shape index (κ3) is 3.49. The van der Waals surface area contributed by atoms with Gasteiger partial charge in [0.05, 0.1) is 0 Å². The molecule has 0 unspecified atom stereocenters. The average molecular weight is 223 g/mol. The van der Waals surface area contributed by atoms with Crippen LogP contribution in [0.2, 0.25) is 0 Å². The summed E-state index contributed by atoms with van der Waals surface area (Å²) in [7, 11) is 0.0528. The van der Waals surface area contributed by atoms with Gasteiger partial charge >= 0.3 is 6.36 Å². The molecule has 1 aromatic carbocycles. The molecular weight excluding hydrogens is 213 g/mol. The van der Waals surface area contributed by atoms with E-state index in [4.69, 9.17) is 0 Å². The van der Waals surface area contributed by atoms with Crippen LogP contribution in [-0.2, 0) is 10.9 Å². The van der Waals surface area contributed by atoms with Crippen molar-refractivity contribution in [2.75, 3.05) is 12.5 Å². The number of alkyl halides is 3. The highest BCUT2D eigenvalue weighted by Crippen LogP contribution is 2.23. The first-order valence-electron chi connectivity index (χ1n) is 3.82. The Balaban J connectivity index is 2.74. The number of rotatable bonds is 2. The van der Waals surface area contributed by atoms with Crippen molar-refractivity contribution >= 4 is 10.9 Å². The third-order valence-corrected chi connectivity index (χ3v) is 2.74. The summed E-state index contributed by atoms with van der Waals surface area (Å²) in [6.07, 6.45) is -0.610. The quantitative estimate of drug-likeness (QED) is 0.700. The Morgan fingerprint density at radius 3 is 1.93 bits per heavy atom. The molecule has 0 bridgehead atoms. The molecule has 0 heterocycles. The van der Waals surface area contributed by atoms with Crippen molar-refractivity contribution in [3.8, 4) is 5.75 Å². The summed E-state index contributed by atoms with van der Waals surface area (Å²) in [5, 5.41) is 0. The minimum atomic E-state index is -4.61. The van der Waals surface area contributed by atoms with Gasteiger partial charge in [-0.3, -0.25) is 0 Å². The van der Waals surface area contributed by atoms with Crippen LogP contribution in [0.1, 0.15) is 0 Å². The lowest BCUT2D eigenvalue weighted by atomic mass is 10.3. The Morgan fingerprint density at radius 2 is 1.57 bits per heavy atom. The van der Waals surface area contributed by atoms with Crippen LogP contribution in [0.25, 0.3) is 0 Å². The van der Waals surface area contributed by atoms with Crippen LogP contribution in [0.4, 0.5) is 13.2 Å². The fraction of sp³-hybridized carbons (Fsp3) is 0.333. The Hall–Kier alpha value is -0.840. The van der Waals surface area contributed by atoms with E-state index in [0.29, 0.717) is 0 Å². The highest BCUT2D eigenvalue weighted by molar-refractivity contribution is 7.95. The second-order valence-electron chi connectivity index (χ2n) is 2.84. The number of hydrogen-bond donors (Lipinski definition) is 0. The molecule has 0 atom stereocenters. The Labute approximate surface area is 83.2 Å². The highest BCUT2D eigenvalue weighted by atomic mass is 32.2. The summed E-state index contributed by atoms with van der Waals surface area (Å²) < 4.78 is 39.1. The van der Waals surface area contributed by atoms with Crippen molar-refractivity contribution in [1.29, 1.82) is 0 Å². The smallest absolute Gasteiger partial charge is 0.406 e. The molecule has 0 aromatic heterocycles. The monoisotopic (exact) mass is 223 g/mol. The van der Waals surface area contributed by atoms with Crippen molar-refractivity contribution in [3.05, 3.63) is 24.3 Å². The van der Waals surface area contributed by atoms with Gasteiger partial charge in [-0.15, -0.1) is 13.2 Å². The molecule has 14 heavy (non-hydrogen) atoms. The van der Waals surface area contributed by atoms with Crippen molar-refractivity contribution in [2.45, 2.75) is 11.3 Å². The molecule has 1 rings (SSSR count). The number of benzene rings is 1. The van der Waals surface area contributed by atoms with Crippen LogP contribution in [0.15, 0.2) is 29.2 Å². The summed E-state index contributed by atoms with van der Waals surface area (Å²) in [5.74, 6) is -0.174. The van der Waals surface area contributed by atoms with E-state index in [1.54, 1.807) is 12.1 Å². The molecule has 0 spiro atoms. The molecule has 0 aliphatic rings. The first-order chi connectivity index (χ1) is 6.38. The van der Waals surface area contributed by atoms with Crippen LogP contribution >= 0.6 is 0 Å². The zero-order valence-electron chi connectivity index (χ0n) is 7.76. The Morgan fingerprint density at radius 1 is 1.07 bits per heavy atom. The molecule has 0 saturated carbocycles. The maximum atomic E-state index is 11.8. The normalized spacial score (nSPS) is 11.9. The molecule has 0 fully saturated rings. The number of ether oxygens (including phenoxy) is 1. The summed E-state index contributed by atoms with van der Waals surface area (Å²) >= 11 is 0. The minimum Gasteiger partial charge on any atom is -0.406 e. The fourth-order valence-electron chi connectivity index (χ4n) is 0.913. The minimum absolute atomic E-state index is 0.0528. The Bertz CT molecular complexity index is 292. The van der Waals surface area contributed by atoms with E-state index >= 15 is 0 Å². The molecule has 78 valence electrons. The summed E-state index contributed by atoms with van der Waals surface area (Å²) in [4.78, 5) is 1.01. The van der Waals surface area contributed by atoms with Crippen LogP contribution in [0, 0.1) is 0 Å². The van der Waals surface area contributed by atoms with Gasteiger partial charge in [-0.1, -0.05) is 0 Å². The van der Waals surface area contributed by atoms with Crippen molar-refractivity contribution in [2.24, 2.45) is 0 Å². The molecule has 0 aliphatic carbocycles. The van der Waals surface area contributed by atoms with Crippen molar-refractivity contribution < 1.29 is 17.9 Å². The molecule has 0 saturated heterocycles. The third-order valence-electron chi connectivity index (χ3n) is 1.53. The van der Waals surface area contributed by atoms with Gasteiger partial charge in [0.15, 0.2) is 4.90 Å². The maximum absolute atomic E-state index is 11.8. The highest BCUT2D eigenvalue weighted by Gasteiger charge is 2.31. The molecule has 0 amide bonds. The van der Waals surface area contributed by atoms with E-state index in [1.165, 1.54) is 12.1 Å². The molecule has 0 N–H and O–H groups in total. The second kappa shape index (κ2) is 4.13. The van der Waals surface area contributed by atoms with E-state index in [1.807, 2.05) is 12.5 Å². The van der Waals surface area contributed by atoms with Gasteiger partial charge in [0.1, 0.15) is 18.3 Å². The standard InChI is InChI=1S/C9H10F3OS/c1-14(2)8-5-3-7(4-6-8)13-9(10,11)12/h3-6H,1-2H3/q+1. The van der Waals surface area contributed by atoms with Gasteiger partial charge < -0.3 is 4.74 Å². The number of hydrogen-bond acceptors (Lipinski definition) is 1. The topological polar surface area (TPSA) is 9.23 Å². The van der Waals surface area contributed by atoms with Crippen LogP contribution in [-0.4, -0.2) is 18.9 Å². The maximum Gasteiger partial charge on any atom is 0.573 e. The van der Waals surface area contributed by atoms with Gasteiger partial charge in [0.2, 0.25) is 0 Å². The van der Waals surface area contributed by atoms with E-state index < -0.39 is 6.36 Å². The van der Waals surface area contributed by atoms with Gasteiger partial charge in [-0.25, -0.2) is 0 Å². The molecular formula is C9H10F3OS+. The number of halogens is 3. The van der Waals surface area contributed by atoms with E-state index in [0.717, 1.165) is 4.90 Å². The summed E-state index contributed by atoms with van der Waals surface area (Å²) in [6.45, 7) is 0. The van der Waals surface area contributed by atoms with Crippen molar-refractivity contribution in [3.63, 3.8) is 0 Å². The summed E-state index contributed by atoms with van der Waals surface area (Å²) in [5.41, 5.74) is 0. The SMILES string of the molecule is C[S+](C)c1ccc(OC(F)(F)F)cc1. The molecule has 0 aliphatic heterocycles. The van der Waals surface area contributed by atoms with E-state index in [9.17, 15) is 13.2 Å². The van der Waals surface area contributed by atoms with Crippen LogP contribution < -0.4 is 4.74 Å². The largest absolute Gasteiger partial charge is 0.573 e. The molecule has 0 radical (unpaired) electrons. The zero-order valence-corrected chi connectivity index (χ0v) is 8.58. The van der Waals surface area contributed by atoms with E-state index in [2.05, 4.69) is 4.74 Å². The lowest BCUT2D eigenvalue weighted by molar-refractivity contribution is -0.274. The lowest BCUT2D eigenvalue weighted by Gasteiger charge is -2.08. The van der Waals surface area contributed by atoms with Gasteiger partial charge in [-0.05, 0) is 24.3 Å².